The average molecular weight is 285 g/mol. The summed E-state index contributed by atoms with van der Waals surface area (Å²) in [5.74, 6) is 0.0306. The Balaban J connectivity index is 1.92. The number of rotatable bonds is 2. The first kappa shape index (κ1) is 13.8. The van der Waals surface area contributed by atoms with Crippen LogP contribution in [-0.4, -0.2) is 45.9 Å². The second-order valence-corrected chi connectivity index (χ2v) is 5.44. The minimum atomic E-state index is 0.0306. The van der Waals surface area contributed by atoms with Crippen molar-refractivity contribution in [2.24, 2.45) is 0 Å². The topological polar surface area (TPSA) is 47.4 Å². The van der Waals surface area contributed by atoms with Gasteiger partial charge in [0.1, 0.15) is 0 Å². The van der Waals surface area contributed by atoms with Crippen molar-refractivity contribution in [2.75, 3.05) is 13.1 Å². The third-order valence-electron chi connectivity index (χ3n) is 3.59. The molecule has 1 aliphatic rings. The van der Waals surface area contributed by atoms with Crippen LogP contribution in [-0.2, 0) is 4.74 Å². The predicted octanol–water partition coefficient (Wildman–Crippen LogP) is 2.12. The van der Waals surface area contributed by atoms with Crippen LogP contribution in [0.1, 0.15) is 24.2 Å². The quantitative estimate of drug-likeness (QED) is 0.849. The number of hydrogen-bond donors (Lipinski definition) is 0. The Labute approximate surface area is 124 Å². The number of morpholine rings is 1. The van der Waals surface area contributed by atoms with E-state index in [1.165, 1.54) is 0 Å². The molecule has 2 unspecified atom stereocenters. The molecule has 0 saturated carbocycles. The SMILES string of the molecule is CC1CN(C(=O)c2ccccc2-n2cccn2)CC(C)O1. The summed E-state index contributed by atoms with van der Waals surface area (Å²) in [6.07, 6.45) is 3.68. The summed E-state index contributed by atoms with van der Waals surface area (Å²) in [6, 6.07) is 9.41. The number of carbonyl (C=O) groups excluding carboxylic acids is 1. The Hall–Kier alpha value is -2.14. The molecule has 0 spiro atoms. The second-order valence-electron chi connectivity index (χ2n) is 5.44. The number of ether oxygens (including phenoxy) is 1. The molecule has 1 saturated heterocycles. The van der Waals surface area contributed by atoms with Gasteiger partial charge in [0, 0.05) is 25.5 Å². The molecule has 1 aromatic carbocycles. The Morgan fingerprint density at radius 1 is 1.19 bits per heavy atom. The molecule has 1 aliphatic heterocycles. The van der Waals surface area contributed by atoms with Gasteiger partial charge < -0.3 is 9.64 Å². The lowest BCUT2D eigenvalue weighted by Gasteiger charge is -2.35. The Morgan fingerprint density at radius 2 is 1.90 bits per heavy atom. The molecule has 2 heterocycles. The maximum atomic E-state index is 12.8. The third kappa shape index (κ3) is 2.83. The van der Waals surface area contributed by atoms with Crippen molar-refractivity contribution in [1.82, 2.24) is 14.7 Å². The molecule has 0 N–H and O–H groups in total. The van der Waals surface area contributed by atoms with Crippen molar-refractivity contribution < 1.29 is 9.53 Å². The lowest BCUT2D eigenvalue weighted by Crippen LogP contribution is -2.48. The van der Waals surface area contributed by atoms with Gasteiger partial charge in [-0.1, -0.05) is 12.1 Å². The van der Waals surface area contributed by atoms with Crippen molar-refractivity contribution in [3.63, 3.8) is 0 Å². The summed E-state index contributed by atoms with van der Waals surface area (Å²) >= 11 is 0. The van der Waals surface area contributed by atoms with Gasteiger partial charge in [-0.05, 0) is 32.0 Å². The van der Waals surface area contributed by atoms with E-state index in [-0.39, 0.29) is 18.1 Å². The van der Waals surface area contributed by atoms with Crippen molar-refractivity contribution in [3.8, 4) is 5.69 Å². The summed E-state index contributed by atoms with van der Waals surface area (Å²) in [6.45, 7) is 5.23. The van der Waals surface area contributed by atoms with Gasteiger partial charge in [-0.2, -0.15) is 5.10 Å². The maximum Gasteiger partial charge on any atom is 0.256 e. The molecule has 1 fully saturated rings. The largest absolute Gasteiger partial charge is 0.372 e. The molecule has 5 nitrogen and oxygen atoms in total. The fraction of sp³-hybridized carbons (Fsp3) is 0.375. The van der Waals surface area contributed by atoms with Crippen LogP contribution < -0.4 is 0 Å². The van der Waals surface area contributed by atoms with Gasteiger partial charge in [-0.15, -0.1) is 0 Å². The van der Waals surface area contributed by atoms with Crippen LogP contribution in [0.15, 0.2) is 42.7 Å². The van der Waals surface area contributed by atoms with Gasteiger partial charge in [-0.25, -0.2) is 4.68 Å². The molecule has 1 aromatic heterocycles. The summed E-state index contributed by atoms with van der Waals surface area (Å²) in [5.41, 5.74) is 1.47. The highest BCUT2D eigenvalue weighted by molar-refractivity contribution is 5.97. The predicted molar refractivity (Wildman–Crippen MR) is 79.5 cm³/mol. The number of amides is 1. The summed E-state index contributed by atoms with van der Waals surface area (Å²) in [5, 5.41) is 4.23. The standard InChI is InChI=1S/C16H19N3O2/c1-12-10-18(11-13(2)21-12)16(20)14-6-3-4-7-15(14)19-9-5-8-17-19/h3-9,12-13H,10-11H2,1-2H3. The molecule has 110 valence electrons. The molecule has 0 radical (unpaired) electrons. The number of nitrogens with zero attached hydrogens (tertiary/aromatic N) is 3. The molecule has 3 rings (SSSR count). The maximum absolute atomic E-state index is 12.8. The molecule has 2 atom stereocenters. The van der Waals surface area contributed by atoms with E-state index in [2.05, 4.69) is 5.10 Å². The van der Waals surface area contributed by atoms with Crippen LogP contribution in [0, 0.1) is 0 Å². The van der Waals surface area contributed by atoms with Crippen LogP contribution in [0.5, 0.6) is 0 Å². The van der Waals surface area contributed by atoms with E-state index in [1.54, 1.807) is 10.9 Å². The van der Waals surface area contributed by atoms with Gasteiger partial charge in [0.05, 0.1) is 23.5 Å². The van der Waals surface area contributed by atoms with E-state index in [9.17, 15) is 4.79 Å². The Bertz CT molecular complexity index is 614. The highest BCUT2D eigenvalue weighted by Crippen LogP contribution is 2.19. The molecular weight excluding hydrogens is 266 g/mol. The van der Waals surface area contributed by atoms with Gasteiger partial charge >= 0.3 is 0 Å². The van der Waals surface area contributed by atoms with Crippen LogP contribution in [0.4, 0.5) is 0 Å². The highest BCUT2D eigenvalue weighted by atomic mass is 16.5. The number of benzene rings is 1. The zero-order chi connectivity index (χ0) is 14.8. The molecule has 5 heteroatoms. The van der Waals surface area contributed by atoms with Crippen molar-refractivity contribution in [2.45, 2.75) is 26.1 Å². The smallest absolute Gasteiger partial charge is 0.256 e. The van der Waals surface area contributed by atoms with Gasteiger partial charge in [0.2, 0.25) is 0 Å². The van der Waals surface area contributed by atoms with E-state index >= 15 is 0 Å². The van der Waals surface area contributed by atoms with E-state index in [0.717, 1.165) is 5.69 Å². The number of aromatic nitrogens is 2. The van der Waals surface area contributed by atoms with E-state index in [4.69, 9.17) is 4.74 Å². The van der Waals surface area contributed by atoms with E-state index in [1.807, 2.05) is 55.3 Å². The van der Waals surface area contributed by atoms with Gasteiger partial charge in [-0.3, -0.25) is 4.79 Å². The van der Waals surface area contributed by atoms with Gasteiger partial charge in [0.15, 0.2) is 0 Å². The molecule has 21 heavy (non-hydrogen) atoms. The fourth-order valence-corrected chi connectivity index (χ4v) is 2.78. The van der Waals surface area contributed by atoms with Crippen molar-refractivity contribution in [1.29, 1.82) is 0 Å². The fourth-order valence-electron chi connectivity index (χ4n) is 2.78. The first-order valence-electron chi connectivity index (χ1n) is 7.19. The van der Waals surface area contributed by atoms with E-state index in [0.29, 0.717) is 18.7 Å². The van der Waals surface area contributed by atoms with Crippen LogP contribution in [0.2, 0.25) is 0 Å². The normalized spacial score (nSPS) is 22.3. The Kier molecular flexibility index (Phi) is 3.75. The summed E-state index contributed by atoms with van der Waals surface area (Å²) in [7, 11) is 0. The second kappa shape index (κ2) is 5.69. The Morgan fingerprint density at radius 3 is 2.57 bits per heavy atom. The molecule has 0 aliphatic carbocycles. The van der Waals surface area contributed by atoms with Crippen LogP contribution in [0.25, 0.3) is 5.69 Å². The zero-order valence-electron chi connectivity index (χ0n) is 12.3. The third-order valence-corrected chi connectivity index (χ3v) is 3.59. The lowest BCUT2D eigenvalue weighted by molar-refractivity contribution is -0.0586. The van der Waals surface area contributed by atoms with Crippen molar-refractivity contribution >= 4 is 5.91 Å². The minimum Gasteiger partial charge on any atom is -0.372 e. The highest BCUT2D eigenvalue weighted by Gasteiger charge is 2.27. The van der Waals surface area contributed by atoms with Crippen LogP contribution in [0.3, 0.4) is 0 Å². The minimum absolute atomic E-state index is 0.0306. The molecule has 0 bridgehead atoms. The number of hydrogen-bond acceptors (Lipinski definition) is 3. The van der Waals surface area contributed by atoms with Gasteiger partial charge in [0.25, 0.3) is 5.91 Å². The van der Waals surface area contributed by atoms with Crippen molar-refractivity contribution in [3.05, 3.63) is 48.3 Å². The molecule has 2 aromatic rings. The molecular formula is C16H19N3O2. The molecule has 1 amide bonds. The summed E-state index contributed by atoms with van der Waals surface area (Å²) < 4.78 is 7.42. The zero-order valence-corrected chi connectivity index (χ0v) is 12.3. The lowest BCUT2D eigenvalue weighted by atomic mass is 10.1. The first-order chi connectivity index (χ1) is 10.1. The number of carbonyl (C=O) groups is 1. The van der Waals surface area contributed by atoms with Crippen LogP contribution >= 0.6 is 0 Å². The average Bonchev–Trinajstić information content (AvgIpc) is 2.99. The first-order valence-corrected chi connectivity index (χ1v) is 7.19. The number of para-hydroxylation sites is 1. The van der Waals surface area contributed by atoms with E-state index < -0.39 is 0 Å². The monoisotopic (exact) mass is 285 g/mol. The summed E-state index contributed by atoms with van der Waals surface area (Å²) in [4.78, 5) is 14.7.